The lowest BCUT2D eigenvalue weighted by atomic mass is 9.83. The van der Waals surface area contributed by atoms with Crippen molar-refractivity contribution in [2.75, 3.05) is 20.3 Å². The second-order valence-electron chi connectivity index (χ2n) is 6.97. The second kappa shape index (κ2) is 7.16. The van der Waals surface area contributed by atoms with Gasteiger partial charge in [0.1, 0.15) is 5.75 Å². The van der Waals surface area contributed by atoms with E-state index in [1.807, 2.05) is 12.1 Å². The van der Waals surface area contributed by atoms with E-state index in [-0.39, 0.29) is 18.8 Å². The smallest absolute Gasteiger partial charge is 0.122 e. The number of nitrogens with zero attached hydrogens (tertiary/aromatic N) is 1. The van der Waals surface area contributed by atoms with E-state index in [2.05, 4.69) is 41.3 Å². The standard InChI is InChI=1S/C21H25NO3/c1-24-20-9-5-8-16-10-19-21(11-18(16)20)25-17(14-23)13-22(19)12-15-6-3-2-4-7-15/h2-9,17,19,21,23H,10-14H2,1H3/t17-,19?,21-/m1/s1. The molecule has 2 aliphatic rings. The molecule has 4 nitrogen and oxygen atoms in total. The minimum absolute atomic E-state index is 0.0628. The molecular weight excluding hydrogens is 314 g/mol. The van der Waals surface area contributed by atoms with Crippen LogP contribution in [0.15, 0.2) is 48.5 Å². The molecule has 0 aromatic heterocycles. The number of aliphatic hydroxyl groups excluding tert-OH is 1. The van der Waals surface area contributed by atoms with E-state index in [9.17, 15) is 5.11 Å². The summed E-state index contributed by atoms with van der Waals surface area (Å²) in [7, 11) is 1.72. The molecule has 0 radical (unpaired) electrons. The van der Waals surface area contributed by atoms with Crippen molar-refractivity contribution in [3.8, 4) is 5.75 Å². The van der Waals surface area contributed by atoms with E-state index in [1.165, 1.54) is 16.7 Å². The van der Waals surface area contributed by atoms with Gasteiger partial charge in [-0.2, -0.15) is 0 Å². The fourth-order valence-electron chi connectivity index (χ4n) is 4.21. The number of rotatable bonds is 4. The molecule has 0 saturated carbocycles. The summed E-state index contributed by atoms with van der Waals surface area (Å²) in [5.41, 5.74) is 3.91. The van der Waals surface area contributed by atoms with E-state index in [0.717, 1.165) is 31.7 Å². The maximum atomic E-state index is 9.68. The van der Waals surface area contributed by atoms with Crippen molar-refractivity contribution >= 4 is 0 Å². The number of benzene rings is 2. The Kier molecular flexibility index (Phi) is 4.75. The van der Waals surface area contributed by atoms with Crippen LogP contribution in [0.4, 0.5) is 0 Å². The predicted octanol–water partition coefficient (Wildman–Crippen LogP) is 2.42. The molecule has 4 heteroatoms. The number of morpholine rings is 1. The molecule has 132 valence electrons. The summed E-state index contributed by atoms with van der Waals surface area (Å²) in [4.78, 5) is 2.48. The Morgan fingerprint density at radius 3 is 2.72 bits per heavy atom. The summed E-state index contributed by atoms with van der Waals surface area (Å²) in [6.45, 7) is 1.72. The first-order chi connectivity index (χ1) is 12.3. The number of hydrogen-bond acceptors (Lipinski definition) is 4. The van der Waals surface area contributed by atoms with Crippen LogP contribution in [-0.4, -0.2) is 48.5 Å². The fraction of sp³-hybridized carbons (Fsp3) is 0.429. The van der Waals surface area contributed by atoms with Crippen LogP contribution < -0.4 is 4.74 Å². The third-order valence-corrected chi connectivity index (χ3v) is 5.42. The quantitative estimate of drug-likeness (QED) is 0.929. The largest absolute Gasteiger partial charge is 0.496 e. The van der Waals surface area contributed by atoms with Crippen LogP contribution in [0.25, 0.3) is 0 Å². The molecule has 4 rings (SSSR count). The third-order valence-electron chi connectivity index (χ3n) is 5.42. The average molecular weight is 339 g/mol. The van der Waals surface area contributed by atoms with E-state index < -0.39 is 0 Å². The maximum Gasteiger partial charge on any atom is 0.122 e. The first kappa shape index (κ1) is 16.6. The van der Waals surface area contributed by atoms with Crippen LogP contribution in [0.1, 0.15) is 16.7 Å². The first-order valence-electron chi connectivity index (χ1n) is 8.97. The number of aliphatic hydroxyl groups is 1. The molecule has 1 fully saturated rings. The Hall–Kier alpha value is -1.88. The van der Waals surface area contributed by atoms with E-state index >= 15 is 0 Å². The van der Waals surface area contributed by atoms with Crippen molar-refractivity contribution in [3.05, 3.63) is 65.2 Å². The summed E-state index contributed by atoms with van der Waals surface area (Å²) in [6.07, 6.45) is 1.77. The SMILES string of the molecule is COc1cccc2c1C[C@H]1O[C@@H](CO)CN(Cc3ccccc3)C1C2. The number of fused-ring (bicyclic) bond motifs is 2. The highest BCUT2D eigenvalue weighted by Gasteiger charge is 2.40. The summed E-state index contributed by atoms with van der Waals surface area (Å²) in [5.74, 6) is 0.945. The molecule has 0 amide bonds. The van der Waals surface area contributed by atoms with Crippen LogP contribution in [0.5, 0.6) is 5.75 Å². The molecule has 1 heterocycles. The van der Waals surface area contributed by atoms with Crippen LogP contribution in [0.2, 0.25) is 0 Å². The maximum absolute atomic E-state index is 9.68. The fourth-order valence-corrected chi connectivity index (χ4v) is 4.21. The first-order valence-corrected chi connectivity index (χ1v) is 8.97. The van der Waals surface area contributed by atoms with Crippen molar-refractivity contribution in [2.24, 2.45) is 0 Å². The van der Waals surface area contributed by atoms with Crippen LogP contribution in [0, 0.1) is 0 Å². The lowest BCUT2D eigenvalue weighted by molar-refractivity contribution is -0.138. The Morgan fingerprint density at radius 2 is 1.96 bits per heavy atom. The zero-order valence-corrected chi connectivity index (χ0v) is 14.6. The molecule has 2 aromatic rings. The molecule has 2 aromatic carbocycles. The van der Waals surface area contributed by atoms with Gasteiger partial charge in [-0.1, -0.05) is 42.5 Å². The van der Waals surface area contributed by atoms with Gasteiger partial charge in [-0.05, 0) is 29.2 Å². The summed E-state index contributed by atoms with van der Waals surface area (Å²) >= 11 is 0. The zero-order valence-electron chi connectivity index (χ0n) is 14.6. The van der Waals surface area contributed by atoms with Gasteiger partial charge in [-0.15, -0.1) is 0 Å². The number of ether oxygens (including phenoxy) is 2. The van der Waals surface area contributed by atoms with Crippen molar-refractivity contribution in [1.29, 1.82) is 0 Å². The lowest BCUT2D eigenvalue weighted by Gasteiger charge is -2.47. The minimum atomic E-state index is -0.124. The molecule has 1 unspecified atom stereocenters. The predicted molar refractivity (Wildman–Crippen MR) is 96.8 cm³/mol. The van der Waals surface area contributed by atoms with Gasteiger partial charge >= 0.3 is 0 Å². The van der Waals surface area contributed by atoms with Gasteiger partial charge in [0.25, 0.3) is 0 Å². The van der Waals surface area contributed by atoms with Gasteiger partial charge in [0.2, 0.25) is 0 Å². The highest BCUT2D eigenvalue weighted by atomic mass is 16.5. The Bertz CT molecular complexity index is 718. The highest BCUT2D eigenvalue weighted by molar-refractivity contribution is 5.43. The van der Waals surface area contributed by atoms with Crippen molar-refractivity contribution in [1.82, 2.24) is 4.90 Å². The minimum Gasteiger partial charge on any atom is -0.496 e. The molecule has 1 N–H and O–H groups in total. The van der Waals surface area contributed by atoms with Gasteiger partial charge in [-0.25, -0.2) is 0 Å². The molecular formula is C21H25NO3. The van der Waals surface area contributed by atoms with Crippen LogP contribution in [-0.2, 0) is 24.1 Å². The van der Waals surface area contributed by atoms with E-state index in [0.29, 0.717) is 6.04 Å². The summed E-state index contributed by atoms with van der Waals surface area (Å²) in [6, 6.07) is 17.2. The molecule has 1 saturated heterocycles. The Morgan fingerprint density at radius 1 is 1.12 bits per heavy atom. The van der Waals surface area contributed by atoms with Crippen LogP contribution >= 0.6 is 0 Å². The summed E-state index contributed by atoms with van der Waals surface area (Å²) in [5, 5.41) is 9.68. The Balaban J connectivity index is 1.62. The summed E-state index contributed by atoms with van der Waals surface area (Å²) < 4.78 is 11.8. The Labute approximate surface area is 149 Å². The van der Waals surface area contributed by atoms with Gasteiger partial charge in [0, 0.05) is 25.6 Å². The van der Waals surface area contributed by atoms with Gasteiger partial charge < -0.3 is 14.6 Å². The molecule has 0 spiro atoms. The van der Waals surface area contributed by atoms with Crippen molar-refractivity contribution in [3.63, 3.8) is 0 Å². The van der Waals surface area contributed by atoms with E-state index in [4.69, 9.17) is 9.47 Å². The van der Waals surface area contributed by atoms with Gasteiger partial charge in [0.15, 0.2) is 0 Å². The van der Waals surface area contributed by atoms with Crippen molar-refractivity contribution in [2.45, 2.75) is 37.6 Å². The second-order valence-corrected chi connectivity index (χ2v) is 6.97. The number of methoxy groups -OCH3 is 1. The van der Waals surface area contributed by atoms with E-state index in [1.54, 1.807) is 7.11 Å². The molecule has 25 heavy (non-hydrogen) atoms. The molecule has 3 atom stereocenters. The lowest BCUT2D eigenvalue weighted by Crippen LogP contribution is -2.58. The van der Waals surface area contributed by atoms with Gasteiger partial charge in [-0.3, -0.25) is 4.90 Å². The average Bonchev–Trinajstić information content (AvgIpc) is 2.66. The van der Waals surface area contributed by atoms with Crippen LogP contribution in [0.3, 0.4) is 0 Å². The monoisotopic (exact) mass is 339 g/mol. The number of hydrogen-bond donors (Lipinski definition) is 1. The molecule has 0 bridgehead atoms. The topological polar surface area (TPSA) is 41.9 Å². The van der Waals surface area contributed by atoms with Crippen molar-refractivity contribution < 1.29 is 14.6 Å². The zero-order chi connectivity index (χ0) is 17.2. The van der Waals surface area contributed by atoms with Gasteiger partial charge in [0.05, 0.1) is 25.9 Å². The molecule has 1 aliphatic heterocycles. The highest BCUT2D eigenvalue weighted by Crippen LogP contribution is 2.35. The normalized spacial score (nSPS) is 25.9. The third kappa shape index (κ3) is 3.30. The molecule has 1 aliphatic carbocycles.